The number of rotatable bonds is 4. The molecule has 7 nitrogen and oxygen atoms in total. The van der Waals surface area contributed by atoms with Crippen LogP contribution in [-0.4, -0.2) is 22.1 Å². The normalized spacial score (nSPS) is 10.9. The van der Waals surface area contributed by atoms with Crippen molar-refractivity contribution < 1.29 is 10.3 Å². The van der Waals surface area contributed by atoms with E-state index in [4.69, 9.17) is 9.82 Å². The number of fused-ring (bicyclic) bond motifs is 3. The van der Waals surface area contributed by atoms with Gasteiger partial charge < -0.3 is 4.98 Å². The van der Waals surface area contributed by atoms with E-state index in [0.717, 1.165) is 44.7 Å². The maximum atomic E-state index is 12.1. The Morgan fingerprint density at radius 3 is 2.45 bits per heavy atom. The Bertz CT molecular complexity index is 1270. The molecule has 0 aliphatic carbocycles. The van der Waals surface area contributed by atoms with E-state index in [1.54, 1.807) is 12.6 Å². The maximum Gasteiger partial charge on any atom is 0.326 e. The van der Waals surface area contributed by atoms with Gasteiger partial charge in [0.15, 0.2) is 5.69 Å². The Morgan fingerprint density at radius 1 is 1.10 bits per heavy atom. The average molecular weight is 414 g/mol. The molecule has 152 valence electrons. The van der Waals surface area contributed by atoms with Crippen LogP contribution in [0.3, 0.4) is 0 Å². The van der Waals surface area contributed by atoms with Crippen molar-refractivity contribution in [2.75, 3.05) is 7.11 Å². The molecule has 0 amide bonds. The summed E-state index contributed by atoms with van der Waals surface area (Å²) >= 11 is 1.30. The van der Waals surface area contributed by atoms with Crippen molar-refractivity contribution in [3.8, 4) is 0 Å². The summed E-state index contributed by atoms with van der Waals surface area (Å²) in [7, 11) is 1.63. The molecule has 0 fully saturated rings. The first-order valence-electron chi connectivity index (χ1n) is 9.47. The molecule has 0 radical (unpaired) electrons. The number of nitrogens with two attached hydrogens (primary N) is 1. The highest BCUT2D eigenvalue weighted by molar-refractivity contribution is 7.25. The maximum absolute atomic E-state index is 12.1. The molecule has 4 N–H and O–H groups in total. The summed E-state index contributed by atoms with van der Waals surface area (Å²) in [5.74, 6) is 0. The molecule has 0 unspecified atom stereocenters. The highest BCUT2D eigenvalue weighted by Crippen LogP contribution is 2.34. The number of aromatic amines is 2. The Hall–Kier alpha value is -2.81. The minimum atomic E-state index is -0.501. The number of quaternary nitrogens is 1. The SMILES string of the molecule is CC.CO[NH2+]c1ccc(Cc2c(C)nc3sc4c(=O)[nH]c(=O)[nH]c4c3c2C)cc1. The van der Waals surface area contributed by atoms with Gasteiger partial charge in [-0.2, -0.15) is 5.48 Å². The van der Waals surface area contributed by atoms with E-state index >= 15 is 0 Å². The fourth-order valence-corrected chi connectivity index (χ4v) is 4.52. The fourth-order valence-electron chi connectivity index (χ4n) is 3.39. The summed E-state index contributed by atoms with van der Waals surface area (Å²) in [6, 6.07) is 8.14. The molecule has 3 heterocycles. The molecule has 29 heavy (non-hydrogen) atoms. The highest BCUT2D eigenvalue weighted by atomic mass is 32.1. The van der Waals surface area contributed by atoms with Crippen LogP contribution < -0.4 is 16.7 Å². The van der Waals surface area contributed by atoms with Gasteiger partial charge in [-0.05, 0) is 37.0 Å². The third kappa shape index (κ3) is 4.00. The number of H-pyrrole nitrogens is 2. The van der Waals surface area contributed by atoms with Crippen molar-refractivity contribution in [3.63, 3.8) is 0 Å². The van der Waals surface area contributed by atoms with Gasteiger partial charge in [0.25, 0.3) is 5.56 Å². The van der Waals surface area contributed by atoms with Crippen LogP contribution in [0.5, 0.6) is 0 Å². The predicted molar refractivity (Wildman–Crippen MR) is 117 cm³/mol. The number of aryl methyl sites for hydroxylation is 2. The fraction of sp³-hybridized carbons (Fsp3) is 0.286. The van der Waals surface area contributed by atoms with Gasteiger partial charge in [0.2, 0.25) is 0 Å². The van der Waals surface area contributed by atoms with Crippen LogP contribution >= 0.6 is 11.3 Å². The minimum Gasteiger partial charge on any atom is -0.305 e. The molecule has 1 aromatic carbocycles. The molecular weight excluding hydrogens is 388 g/mol. The lowest BCUT2D eigenvalue weighted by atomic mass is 9.97. The van der Waals surface area contributed by atoms with Gasteiger partial charge in [0, 0.05) is 23.2 Å². The summed E-state index contributed by atoms with van der Waals surface area (Å²) in [4.78, 5) is 39.4. The third-order valence-corrected chi connectivity index (χ3v) is 5.79. The van der Waals surface area contributed by atoms with Gasteiger partial charge >= 0.3 is 5.69 Å². The summed E-state index contributed by atoms with van der Waals surface area (Å²) in [5.41, 5.74) is 6.62. The largest absolute Gasteiger partial charge is 0.326 e. The molecule has 4 aromatic rings. The minimum absolute atomic E-state index is 0.375. The number of nitrogens with zero attached hydrogens (tertiary/aromatic N) is 1. The van der Waals surface area contributed by atoms with Crippen molar-refractivity contribution >= 4 is 37.5 Å². The topological polar surface area (TPSA) is 104 Å². The zero-order chi connectivity index (χ0) is 21.1. The molecule has 8 heteroatoms. The molecule has 0 aliphatic heterocycles. The van der Waals surface area contributed by atoms with Crippen molar-refractivity contribution in [3.05, 3.63) is 67.5 Å². The molecule has 0 saturated heterocycles. The summed E-state index contributed by atoms with van der Waals surface area (Å²) in [6.45, 7) is 8.00. The van der Waals surface area contributed by atoms with E-state index in [-0.39, 0.29) is 5.56 Å². The molecule has 0 atom stereocenters. The van der Waals surface area contributed by atoms with Gasteiger partial charge in [-0.1, -0.05) is 26.0 Å². The van der Waals surface area contributed by atoms with Crippen LogP contribution in [0.15, 0.2) is 33.9 Å². The lowest BCUT2D eigenvalue weighted by molar-refractivity contribution is -0.830. The van der Waals surface area contributed by atoms with Crippen LogP contribution in [0, 0.1) is 13.8 Å². The average Bonchev–Trinajstić information content (AvgIpc) is 3.07. The summed E-state index contributed by atoms with van der Waals surface area (Å²) < 4.78 is 0.496. The number of hydrogen-bond donors (Lipinski definition) is 3. The van der Waals surface area contributed by atoms with Crippen molar-refractivity contribution in [2.24, 2.45) is 0 Å². The van der Waals surface area contributed by atoms with E-state index in [9.17, 15) is 9.59 Å². The van der Waals surface area contributed by atoms with Gasteiger partial charge in [-0.25, -0.2) is 14.6 Å². The summed E-state index contributed by atoms with van der Waals surface area (Å²) in [5, 5.41) is 0.850. The first kappa shape index (κ1) is 20.9. The Morgan fingerprint density at radius 2 is 1.79 bits per heavy atom. The van der Waals surface area contributed by atoms with E-state index in [2.05, 4.69) is 22.1 Å². The van der Waals surface area contributed by atoms with E-state index in [0.29, 0.717) is 10.2 Å². The predicted octanol–water partition coefficient (Wildman–Crippen LogP) is 2.82. The van der Waals surface area contributed by atoms with Crippen LogP contribution in [-0.2, 0) is 11.3 Å². The molecular formula is C21H25N4O3S+. The van der Waals surface area contributed by atoms with Crippen LogP contribution in [0.25, 0.3) is 20.4 Å². The van der Waals surface area contributed by atoms with E-state index in [1.807, 2.05) is 39.8 Å². The van der Waals surface area contributed by atoms with Crippen molar-refractivity contribution in [1.82, 2.24) is 15.0 Å². The van der Waals surface area contributed by atoms with Crippen LogP contribution in [0.4, 0.5) is 5.69 Å². The van der Waals surface area contributed by atoms with E-state index < -0.39 is 5.69 Å². The Labute approximate surface area is 171 Å². The number of nitrogens with one attached hydrogen (secondary N) is 2. The molecule has 0 aliphatic rings. The first-order valence-corrected chi connectivity index (χ1v) is 10.3. The Balaban J connectivity index is 0.00000117. The van der Waals surface area contributed by atoms with Gasteiger partial charge in [-0.3, -0.25) is 9.78 Å². The molecule has 3 aromatic heterocycles. The highest BCUT2D eigenvalue weighted by Gasteiger charge is 2.17. The standard InChI is InChI=1S/C19H18N4O3S.C2H6/c1-9-13(8-11-4-6-12(7-5-11)23-26-3)10(2)20-18-14(9)15-16(27-18)17(24)22-19(25)21-15;1-2/h4-7,23H,8H2,1-3H3,(H2,21,22,24,25);1-2H3/p+1. The number of benzene rings is 1. The number of hydrogen-bond acceptors (Lipinski definition) is 5. The van der Waals surface area contributed by atoms with Crippen molar-refractivity contribution in [2.45, 2.75) is 34.1 Å². The van der Waals surface area contributed by atoms with Gasteiger partial charge in [0.1, 0.15) is 9.53 Å². The molecule has 4 rings (SSSR count). The monoisotopic (exact) mass is 413 g/mol. The van der Waals surface area contributed by atoms with Crippen molar-refractivity contribution in [1.29, 1.82) is 0 Å². The second kappa shape index (κ2) is 8.69. The zero-order valence-corrected chi connectivity index (χ0v) is 18.0. The summed E-state index contributed by atoms with van der Waals surface area (Å²) in [6.07, 6.45) is 0.721. The number of thiophene rings is 1. The second-order valence-corrected chi connectivity index (χ2v) is 7.47. The number of pyridine rings is 1. The molecule has 0 bridgehead atoms. The van der Waals surface area contributed by atoms with Gasteiger partial charge in [-0.15, -0.1) is 11.3 Å². The lowest BCUT2D eigenvalue weighted by Crippen LogP contribution is -2.75. The van der Waals surface area contributed by atoms with E-state index in [1.165, 1.54) is 11.3 Å². The Kier molecular flexibility index (Phi) is 6.26. The zero-order valence-electron chi connectivity index (χ0n) is 17.2. The van der Waals surface area contributed by atoms with Crippen LogP contribution in [0.2, 0.25) is 0 Å². The smallest absolute Gasteiger partial charge is 0.305 e. The third-order valence-electron chi connectivity index (χ3n) is 4.71. The first-order chi connectivity index (χ1) is 14.0. The second-order valence-electron chi connectivity index (χ2n) is 6.47. The number of aromatic nitrogens is 3. The van der Waals surface area contributed by atoms with Crippen LogP contribution in [0.1, 0.15) is 36.2 Å². The quantitative estimate of drug-likeness (QED) is 0.353. The molecule has 0 spiro atoms. The van der Waals surface area contributed by atoms with Gasteiger partial charge in [0.05, 0.1) is 12.6 Å². The lowest BCUT2D eigenvalue weighted by Gasteiger charge is -2.11. The molecule has 0 saturated carbocycles.